The molecule has 1 aliphatic carbocycles. The summed E-state index contributed by atoms with van der Waals surface area (Å²) >= 11 is 5.72. The SMILES string of the molecule is O=C(NC1CCN(CC2CCCC2)CC1)c1ccc(Cl)cc1F. The third kappa shape index (κ3) is 4.45. The van der Waals surface area contributed by atoms with Crippen molar-refractivity contribution in [3.63, 3.8) is 0 Å². The van der Waals surface area contributed by atoms with Crippen LogP contribution in [0.15, 0.2) is 18.2 Å². The maximum absolute atomic E-state index is 13.8. The summed E-state index contributed by atoms with van der Waals surface area (Å²) in [6.07, 6.45) is 7.37. The van der Waals surface area contributed by atoms with Crippen LogP contribution in [0.2, 0.25) is 5.02 Å². The molecule has 0 spiro atoms. The Bertz CT molecular complexity index is 552. The van der Waals surface area contributed by atoms with Gasteiger partial charge < -0.3 is 10.2 Å². The maximum atomic E-state index is 13.8. The molecule has 2 aliphatic rings. The highest BCUT2D eigenvalue weighted by Crippen LogP contribution is 2.26. The lowest BCUT2D eigenvalue weighted by Gasteiger charge is -2.33. The largest absolute Gasteiger partial charge is 0.349 e. The topological polar surface area (TPSA) is 32.3 Å². The van der Waals surface area contributed by atoms with Gasteiger partial charge in [-0.1, -0.05) is 24.4 Å². The molecule has 126 valence electrons. The van der Waals surface area contributed by atoms with Crippen LogP contribution in [-0.4, -0.2) is 36.5 Å². The third-order valence-corrected chi connectivity index (χ3v) is 5.32. The Morgan fingerprint density at radius 1 is 1.22 bits per heavy atom. The van der Waals surface area contributed by atoms with Crippen molar-refractivity contribution in [2.75, 3.05) is 19.6 Å². The number of hydrogen-bond acceptors (Lipinski definition) is 2. The van der Waals surface area contributed by atoms with E-state index < -0.39 is 5.82 Å². The number of nitrogens with zero attached hydrogens (tertiary/aromatic N) is 1. The average molecular weight is 339 g/mol. The summed E-state index contributed by atoms with van der Waals surface area (Å²) in [6.45, 7) is 3.24. The molecule has 3 nitrogen and oxygen atoms in total. The van der Waals surface area contributed by atoms with Crippen LogP contribution in [0.1, 0.15) is 48.9 Å². The molecule has 1 amide bonds. The van der Waals surface area contributed by atoms with E-state index in [1.165, 1.54) is 44.4 Å². The van der Waals surface area contributed by atoms with Gasteiger partial charge >= 0.3 is 0 Å². The van der Waals surface area contributed by atoms with Gasteiger partial charge in [-0.3, -0.25) is 4.79 Å². The predicted molar refractivity (Wildman–Crippen MR) is 90.3 cm³/mol. The van der Waals surface area contributed by atoms with Crippen molar-refractivity contribution < 1.29 is 9.18 Å². The number of carbonyl (C=O) groups is 1. The fourth-order valence-electron chi connectivity index (χ4n) is 3.75. The molecule has 2 fully saturated rings. The predicted octanol–water partition coefficient (Wildman–Crippen LogP) is 3.86. The first-order valence-electron chi connectivity index (χ1n) is 8.60. The molecule has 0 unspecified atom stereocenters. The molecular weight excluding hydrogens is 315 g/mol. The molecular formula is C18H24ClFN2O. The van der Waals surface area contributed by atoms with Crippen molar-refractivity contribution >= 4 is 17.5 Å². The van der Waals surface area contributed by atoms with E-state index in [9.17, 15) is 9.18 Å². The molecule has 0 bridgehead atoms. The molecule has 0 radical (unpaired) electrons. The van der Waals surface area contributed by atoms with Crippen LogP contribution in [0, 0.1) is 11.7 Å². The Hall–Kier alpha value is -1.13. The quantitative estimate of drug-likeness (QED) is 0.904. The number of nitrogens with one attached hydrogen (secondary N) is 1. The molecule has 1 saturated heterocycles. The number of hydrogen-bond donors (Lipinski definition) is 1. The summed E-state index contributed by atoms with van der Waals surface area (Å²) in [5, 5.41) is 3.27. The molecule has 0 aromatic heterocycles. The molecule has 1 aromatic rings. The summed E-state index contributed by atoms with van der Waals surface area (Å²) in [4.78, 5) is 14.7. The van der Waals surface area contributed by atoms with Crippen LogP contribution in [0.4, 0.5) is 4.39 Å². The first-order valence-corrected chi connectivity index (χ1v) is 8.98. The van der Waals surface area contributed by atoms with Gasteiger partial charge in [-0.15, -0.1) is 0 Å². The average Bonchev–Trinajstić information content (AvgIpc) is 3.02. The molecule has 23 heavy (non-hydrogen) atoms. The molecule has 0 atom stereocenters. The fourth-order valence-corrected chi connectivity index (χ4v) is 3.91. The van der Waals surface area contributed by atoms with E-state index in [2.05, 4.69) is 10.2 Å². The lowest BCUT2D eigenvalue weighted by atomic mass is 10.0. The van der Waals surface area contributed by atoms with Crippen LogP contribution >= 0.6 is 11.6 Å². The maximum Gasteiger partial charge on any atom is 0.254 e. The first-order chi connectivity index (χ1) is 11.1. The zero-order valence-electron chi connectivity index (χ0n) is 13.4. The van der Waals surface area contributed by atoms with Crippen molar-refractivity contribution in [1.29, 1.82) is 0 Å². The van der Waals surface area contributed by atoms with E-state index in [-0.39, 0.29) is 17.5 Å². The van der Waals surface area contributed by atoms with E-state index in [1.807, 2.05) is 0 Å². The molecule has 5 heteroatoms. The standard InChI is InChI=1S/C18H24ClFN2O/c19-14-5-6-16(17(20)11-14)18(23)21-15-7-9-22(10-8-15)12-13-3-1-2-4-13/h5-6,11,13,15H,1-4,7-10,12H2,(H,21,23). The number of benzene rings is 1. The van der Waals surface area contributed by atoms with Gasteiger partial charge in [-0.05, 0) is 49.8 Å². The number of halogens is 2. The van der Waals surface area contributed by atoms with Crippen molar-refractivity contribution in [3.05, 3.63) is 34.6 Å². The lowest BCUT2D eigenvalue weighted by Crippen LogP contribution is -2.45. The van der Waals surface area contributed by atoms with E-state index in [4.69, 9.17) is 11.6 Å². The van der Waals surface area contributed by atoms with Gasteiger partial charge in [0, 0.05) is 30.7 Å². The molecule has 3 rings (SSSR count). The normalized spacial score (nSPS) is 20.8. The van der Waals surface area contributed by atoms with Crippen molar-refractivity contribution in [2.45, 2.75) is 44.6 Å². The fraction of sp³-hybridized carbons (Fsp3) is 0.611. The van der Waals surface area contributed by atoms with Crippen LogP contribution in [0.5, 0.6) is 0 Å². The number of rotatable bonds is 4. The Morgan fingerprint density at radius 2 is 1.91 bits per heavy atom. The summed E-state index contributed by atoms with van der Waals surface area (Å²) in [7, 11) is 0. The van der Waals surface area contributed by atoms with Crippen LogP contribution in [0.3, 0.4) is 0 Å². The molecule has 1 aromatic carbocycles. The van der Waals surface area contributed by atoms with Gasteiger partial charge in [0.25, 0.3) is 5.91 Å². The van der Waals surface area contributed by atoms with Gasteiger partial charge in [-0.25, -0.2) is 4.39 Å². The second-order valence-corrected chi connectivity index (χ2v) is 7.26. The minimum Gasteiger partial charge on any atom is -0.349 e. The third-order valence-electron chi connectivity index (χ3n) is 5.09. The number of carbonyl (C=O) groups excluding carboxylic acids is 1. The highest BCUT2D eigenvalue weighted by molar-refractivity contribution is 6.30. The van der Waals surface area contributed by atoms with Gasteiger partial charge in [0.05, 0.1) is 5.56 Å². The van der Waals surface area contributed by atoms with Crippen LogP contribution in [0.25, 0.3) is 0 Å². The Kier molecular flexibility index (Phi) is 5.54. The number of piperidine rings is 1. The van der Waals surface area contributed by atoms with E-state index in [1.54, 1.807) is 6.07 Å². The zero-order valence-corrected chi connectivity index (χ0v) is 14.1. The number of amides is 1. The smallest absolute Gasteiger partial charge is 0.254 e. The van der Waals surface area contributed by atoms with Crippen molar-refractivity contribution in [3.8, 4) is 0 Å². The van der Waals surface area contributed by atoms with E-state index in [0.717, 1.165) is 31.8 Å². The molecule has 1 saturated carbocycles. The summed E-state index contributed by atoms with van der Waals surface area (Å²) in [6, 6.07) is 4.31. The Labute approximate surface area is 142 Å². The Morgan fingerprint density at radius 3 is 2.57 bits per heavy atom. The van der Waals surface area contributed by atoms with Gasteiger partial charge in [0.1, 0.15) is 5.82 Å². The van der Waals surface area contributed by atoms with Gasteiger partial charge in [0.2, 0.25) is 0 Å². The molecule has 1 heterocycles. The Balaban J connectivity index is 1.47. The van der Waals surface area contributed by atoms with E-state index >= 15 is 0 Å². The minimum atomic E-state index is -0.561. The number of likely N-dealkylation sites (tertiary alicyclic amines) is 1. The summed E-state index contributed by atoms with van der Waals surface area (Å²) in [5.74, 6) is -0.0358. The molecule has 1 N–H and O–H groups in total. The second kappa shape index (κ2) is 7.63. The van der Waals surface area contributed by atoms with Crippen molar-refractivity contribution in [1.82, 2.24) is 10.2 Å². The lowest BCUT2D eigenvalue weighted by molar-refractivity contribution is 0.0901. The molecule has 1 aliphatic heterocycles. The van der Waals surface area contributed by atoms with Crippen LogP contribution < -0.4 is 5.32 Å². The van der Waals surface area contributed by atoms with E-state index in [0.29, 0.717) is 5.02 Å². The summed E-state index contributed by atoms with van der Waals surface area (Å²) < 4.78 is 13.8. The van der Waals surface area contributed by atoms with Crippen LogP contribution in [-0.2, 0) is 0 Å². The first kappa shape index (κ1) is 16.7. The zero-order chi connectivity index (χ0) is 16.2. The van der Waals surface area contributed by atoms with Gasteiger partial charge in [-0.2, -0.15) is 0 Å². The highest BCUT2D eigenvalue weighted by Gasteiger charge is 2.25. The van der Waals surface area contributed by atoms with Crippen molar-refractivity contribution in [2.24, 2.45) is 5.92 Å². The minimum absolute atomic E-state index is 0.0720. The van der Waals surface area contributed by atoms with Gasteiger partial charge in [0.15, 0.2) is 0 Å². The second-order valence-electron chi connectivity index (χ2n) is 6.82. The summed E-state index contributed by atoms with van der Waals surface area (Å²) in [5.41, 5.74) is 0.0720. The monoisotopic (exact) mass is 338 g/mol. The highest BCUT2D eigenvalue weighted by atomic mass is 35.5.